The zero-order valence-corrected chi connectivity index (χ0v) is 11.1. The number of amides is 1. The first-order chi connectivity index (χ1) is 8.65. The maximum absolute atomic E-state index is 11.7. The van der Waals surface area contributed by atoms with Crippen LogP contribution in [0.25, 0.3) is 0 Å². The molecule has 0 N–H and O–H groups in total. The first-order valence-electron chi connectivity index (χ1n) is 6.44. The van der Waals surface area contributed by atoms with Crippen LogP contribution in [0.2, 0.25) is 0 Å². The molecule has 2 heterocycles. The molecule has 0 radical (unpaired) electrons. The highest BCUT2D eigenvalue weighted by Crippen LogP contribution is 2.15. The van der Waals surface area contributed by atoms with Crippen molar-refractivity contribution in [3.05, 3.63) is 29.6 Å². The van der Waals surface area contributed by atoms with Crippen molar-refractivity contribution in [2.24, 2.45) is 0 Å². The van der Waals surface area contributed by atoms with Gasteiger partial charge in [0.15, 0.2) is 0 Å². The van der Waals surface area contributed by atoms with Gasteiger partial charge in [0.1, 0.15) is 0 Å². The van der Waals surface area contributed by atoms with Crippen LogP contribution in [0, 0.1) is 6.92 Å². The summed E-state index contributed by atoms with van der Waals surface area (Å²) >= 11 is 0. The van der Waals surface area contributed by atoms with E-state index in [1.165, 1.54) is 0 Å². The molecule has 0 bridgehead atoms. The van der Waals surface area contributed by atoms with Crippen LogP contribution in [0.15, 0.2) is 18.3 Å². The van der Waals surface area contributed by atoms with Gasteiger partial charge in [0, 0.05) is 38.5 Å². The molecule has 1 aromatic rings. The lowest BCUT2D eigenvalue weighted by Crippen LogP contribution is -2.35. The number of nitrogens with zero attached hydrogens (tertiary/aromatic N) is 2. The van der Waals surface area contributed by atoms with E-state index in [0.29, 0.717) is 13.1 Å². The highest BCUT2D eigenvalue weighted by atomic mass is 16.5. The molecule has 0 unspecified atom stereocenters. The molecule has 1 aliphatic rings. The highest BCUT2D eigenvalue weighted by Gasteiger charge is 2.20. The van der Waals surface area contributed by atoms with E-state index < -0.39 is 0 Å². The van der Waals surface area contributed by atoms with Gasteiger partial charge in [-0.1, -0.05) is 6.07 Å². The van der Waals surface area contributed by atoms with Crippen LogP contribution in [-0.2, 0) is 16.1 Å². The second-order valence-electron chi connectivity index (χ2n) is 4.84. The summed E-state index contributed by atoms with van der Waals surface area (Å²) in [6, 6.07) is 3.99. The molecule has 4 heteroatoms. The summed E-state index contributed by atoms with van der Waals surface area (Å²) in [5.41, 5.74) is 2.06. The molecule has 2 rings (SSSR count). The summed E-state index contributed by atoms with van der Waals surface area (Å²) in [6.07, 6.45) is 4.19. The molecule has 1 atom stereocenters. The average Bonchev–Trinajstić information content (AvgIpc) is 2.84. The van der Waals surface area contributed by atoms with Crippen LogP contribution in [0.5, 0.6) is 0 Å². The number of hydrogen-bond acceptors (Lipinski definition) is 3. The number of aryl methyl sites for hydroxylation is 1. The van der Waals surface area contributed by atoms with E-state index in [4.69, 9.17) is 4.74 Å². The Hall–Kier alpha value is -1.42. The van der Waals surface area contributed by atoms with Crippen molar-refractivity contribution in [2.75, 3.05) is 13.2 Å². The van der Waals surface area contributed by atoms with E-state index >= 15 is 0 Å². The highest BCUT2D eigenvalue weighted by molar-refractivity contribution is 5.73. The third kappa shape index (κ3) is 3.53. The minimum atomic E-state index is 0.0890. The van der Waals surface area contributed by atoms with Crippen molar-refractivity contribution in [3.63, 3.8) is 0 Å². The lowest BCUT2D eigenvalue weighted by atomic mass is 10.2. The number of carbonyl (C=O) groups is 1. The largest absolute Gasteiger partial charge is 0.376 e. The van der Waals surface area contributed by atoms with Gasteiger partial charge in [-0.3, -0.25) is 9.78 Å². The van der Waals surface area contributed by atoms with Crippen LogP contribution in [0.3, 0.4) is 0 Å². The van der Waals surface area contributed by atoms with Crippen molar-refractivity contribution in [2.45, 2.75) is 39.3 Å². The molecule has 98 valence electrons. The second-order valence-corrected chi connectivity index (χ2v) is 4.84. The Morgan fingerprint density at radius 3 is 2.94 bits per heavy atom. The monoisotopic (exact) mass is 248 g/mol. The topological polar surface area (TPSA) is 42.4 Å². The maximum atomic E-state index is 11.7. The molecule has 4 nitrogen and oxygen atoms in total. The molecule has 1 aliphatic heterocycles. The number of aromatic nitrogens is 1. The van der Waals surface area contributed by atoms with Gasteiger partial charge in [0.05, 0.1) is 6.10 Å². The Morgan fingerprint density at radius 2 is 2.39 bits per heavy atom. The number of hydrogen-bond donors (Lipinski definition) is 0. The lowest BCUT2D eigenvalue weighted by Gasteiger charge is -2.24. The first kappa shape index (κ1) is 13.0. The van der Waals surface area contributed by atoms with Crippen molar-refractivity contribution >= 4 is 5.91 Å². The van der Waals surface area contributed by atoms with Crippen LogP contribution < -0.4 is 0 Å². The van der Waals surface area contributed by atoms with Crippen molar-refractivity contribution in [1.29, 1.82) is 0 Å². The zero-order chi connectivity index (χ0) is 13.0. The Bertz CT molecular complexity index is 397. The minimum Gasteiger partial charge on any atom is -0.376 e. The van der Waals surface area contributed by atoms with Gasteiger partial charge in [0.2, 0.25) is 5.91 Å². The third-order valence-electron chi connectivity index (χ3n) is 3.24. The fourth-order valence-electron chi connectivity index (χ4n) is 2.15. The molecule has 0 aliphatic carbocycles. The molecule has 0 saturated carbocycles. The van der Waals surface area contributed by atoms with Gasteiger partial charge < -0.3 is 9.64 Å². The number of pyridine rings is 1. The van der Waals surface area contributed by atoms with Crippen molar-refractivity contribution in [3.8, 4) is 0 Å². The molecule has 1 aromatic heterocycles. The van der Waals surface area contributed by atoms with E-state index in [-0.39, 0.29) is 12.0 Å². The van der Waals surface area contributed by atoms with E-state index in [9.17, 15) is 4.79 Å². The van der Waals surface area contributed by atoms with Crippen LogP contribution >= 0.6 is 0 Å². The Labute approximate surface area is 108 Å². The van der Waals surface area contributed by atoms with Crippen molar-refractivity contribution < 1.29 is 9.53 Å². The number of rotatable bonds is 4. The Balaban J connectivity index is 1.97. The molecular formula is C14H20N2O2. The molecule has 18 heavy (non-hydrogen) atoms. The SMILES string of the molecule is CC(=O)N(Cc1ccc(C)nc1)C[C@@H]1CCCO1. The van der Waals surface area contributed by atoms with Crippen molar-refractivity contribution in [1.82, 2.24) is 9.88 Å². The second kappa shape index (κ2) is 5.96. The van der Waals surface area contributed by atoms with Crippen LogP contribution in [0.1, 0.15) is 31.0 Å². The summed E-state index contributed by atoms with van der Waals surface area (Å²) in [4.78, 5) is 17.7. The van der Waals surface area contributed by atoms with E-state index in [2.05, 4.69) is 4.98 Å². The average molecular weight is 248 g/mol. The van der Waals surface area contributed by atoms with E-state index in [1.54, 1.807) is 6.92 Å². The Kier molecular flexibility index (Phi) is 4.31. The zero-order valence-electron chi connectivity index (χ0n) is 11.1. The molecule has 1 saturated heterocycles. The quantitative estimate of drug-likeness (QED) is 0.817. The Morgan fingerprint density at radius 1 is 1.56 bits per heavy atom. The first-order valence-corrected chi connectivity index (χ1v) is 6.44. The summed E-state index contributed by atoms with van der Waals surface area (Å²) < 4.78 is 5.58. The molecular weight excluding hydrogens is 228 g/mol. The third-order valence-corrected chi connectivity index (χ3v) is 3.24. The van der Waals surface area contributed by atoms with E-state index in [1.807, 2.05) is 30.2 Å². The summed E-state index contributed by atoms with van der Waals surface area (Å²) in [5.74, 6) is 0.0890. The number of carbonyl (C=O) groups excluding carboxylic acids is 1. The summed E-state index contributed by atoms with van der Waals surface area (Å²) in [5, 5.41) is 0. The van der Waals surface area contributed by atoms with Crippen LogP contribution in [-0.4, -0.2) is 35.0 Å². The van der Waals surface area contributed by atoms with Gasteiger partial charge >= 0.3 is 0 Å². The lowest BCUT2D eigenvalue weighted by molar-refractivity contribution is -0.131. The fraction of sp³-hybridized carbons (Fsp3) is 0.571. The molecule has 0 spiro atoms. The van der Waals surface area contributed by atoms with Gasteiger partial charge in [-0.05, 0) is 31.4 Å². The number of ether oxygens (including phenoxy) is 1. The van der Waals surface area contributed by atoms with Crippen LogP contribution in [0.4, 0.5) is 0 Å². The van der Waals surface area contributed by atoms with Gasteiger partial charge in [-0.2, -0.15) is 0 Å². The predicted octanol–water partition coefficient (Wildman–Crippen LogP) is 1.92. The fourth-order valence-corrected chi connectivity index (χ4v) is 2.15. The van der Waals surface area contributed by atoms with Gasteiger partial charge in [-0.15, -0.1) is 0 Å². The predicted molar refractivity (Wildman–Crippen MR) is 69.0 cm³/mol. The molecule has 1 fully saturated rings. The molecule has 1 amide bonds. The van der Waals surface area contributed by atoms with E-state index in [0.717, 1.165) is 30.7 Å². The summed E-state index contributed by atoms with van der Waals surface area (Å²) in [7, 11) is 0. The standard InChI is InChI=1S/C14H20N2O2/c1-11-5-6-13(8-15-11)9-16(12(2)17)10-14-4-3-7-18-14/h5-6,8,14H,3-4,7,9-10H2,1-2H3/t14-/m0/s1. The maximum Gasteiger partial charge on any atom is 0.219 e. The normalized spacial score (nSPS) is 18.9. The molecule has 0 aromatic carbocycles. The van der Waals surface area contributed by atoms with Gasteiger partial charge in [0.25, 0.3) is 0 Å². The smallest absolute Gasteiger partial charge is 0.219 e. The summed E-state index contributed by atoms with van der Waals surface area (Å²) in [6.45, 7) is 5.68. The van der Waals surface area contributed by atoms with Gasteiger partial charge in [-0.25, -0.2) is 0 Å². The minimum absolute atomic E-state index is 0.0890.